The van der Waals surface area contributed by atoms with Gasteiger partial charge in [0.25, 0.3) is 0 Å². The predicted octanol–water partition coefficient (Wildman–Crippen LogP) is 2.23. The van der Waals surface area contributed by atoms with E-state index in [0.717, 1.165) is 13.1 Å². The Morgan fingerprint density at radius 1 is 1.40 bits per heavy atom. The molecule has 0 unspecified atom stereocenters. The van der Waals surface area contributed by atoms with Crippen LogP contribution in [-0.4, -0.2) is 36.1 Å². The van der Waals surface area contributed by atoms with Gasteiger partial charge in [-0.1, -0.05) is 13.5 Å². The van der Waals surface area contributed by atoms with Crippen LogP contribution in [-0.2, 0) is 9.53 Å². The first-order chi connectivity index (χ1) is 6.79. The molecule has 0 rings (SSSR count). The highest BCUT2D eigenvalue weighted by Crippen LogP contribution is 2.11. The van der Waals surface area contributed by atoms with Gasteiger partial charge >= 0.3 is 5.97 Å². The highest BCUT2D eigenvalue weighted by atomic mass is 16.5. The number of nitrogens with zero attached hydrogens (tertiary/aromatic N) is 1. The lowest BCUT2D eigenvalue weighted by Crippen LogP contribution is -2.43. The fourth-order valence-corrected chi connectivity index (χ4v) is 1.34. The third-order valence-corrected chi connectivity index (χ3v) is 2.27. The van der Waals surface area contributed by atoms with E-state index in [1.54, 1.807) is 6.92 Å². The van der Waals surface area contributed by atoms with Crippen molar-refractivity contribution in [2.24, 2.45) is 0 Å². The van der Waals surface area contributed by atoms with E-state index in [-0.39, 0.29) is 11.5 Å². The molecule has 0 saturated carbocycles. The maximum atomic E-state index is 11.1. The normalized spacial score (nSPS) is 11.6. The van der Waals surface area contributed by atoms with Gasteiger partial charge in [-0.3, -0.25) is 4.90 Å². The second kappa shape index (κ2) is 5.91. The fraction of sp³-hybridized carbons (Fsp3) is 0.750. The molecule has 0 aliphatic heterocycles. The van der Waals surface area contributed by atoms with E-state index in [0.29, 0.717) is 12.2 Å². The highest BCUT2D eigenvalue weighted by molar-refractivity contribution is 5.86. The average molecular weight is 213 g/mol. The van der Waals surface area contributed by atoms with Gasteiger partial charge in [-0.15, -0.1) is 0 Å². The van der Waals surface area contributed by atoms with Gasteiger partial charge in [0, 0.05) is 17.7 Å². The fourth-order valence-electron chi connectivity index (χ4n) is 1.34. The van der Waals surface area contributed by atoms with Crippen LogP contribution < -0.4 is 0 Å². The number of esters is 1. The molecule has 0 aliphatic rings. The third-order valence-electron chi connectivity index (χ3n) is 2.27. The molecule has 0 aromatic carbocycles. The lowest BCUT2D eigenvalue weighted by Gasteiger charge is -2.34. The zero-order valence-electron chi connectivity index (χ0n) is 10.6. The minimum absolute atomic E-state index is 0.115. The standard InChI is InChI=1S/C12H23NO2/c1-7-13(12(4,5)6)8-9-15-11(14)10(2)3/h2,7-9H2,1,3-6H3. The molecule has 3 nitrogen and oxygen atoms in total. The van der Waals surface area contributed by atoms with Crippen LogP contribution in [0.15, 0.2) is 12.2 Å². The van der Waals surface area contributed by atoms with Gasteiger partial charge in [0.05, 0.1) is 0 Å². The molecule has 3 heteroatoms. The first-order valence-corrected chi connectivity index (χ1v) is 5.36. The summed E-state index contributed by atoms with van der Waals surface area (Å²) in [5, 5.41) is 0. The van der Waals surface area contributed by atoms with Crippen molar-refractivity contribution >= 4 is 5.97 Å². The summed E-state index contributed by atoms with van der Waals surface area (Å²) in [6, 6.07) is 0. The van der Waals surface area contributed by atoms with Gasteiger partial charge in [-0.2, -0.15) is 0 Å². The maximum Gasteiger partial charge on any atom is 0.333 e. The minimum atomic E-state index is -0.306. The summed E-state index contributed by atoms with van der Waals surface area (Å²) < 4.78 is 5.05. The van der Waals surface area contributed by atoms with Crippen molar-refractivity contribution in [2.75, 3.05) is 19.7 Å². The Morgan fingerprint density at radius 3 is 2.27 bits per heavy atom. The largest absolute Gasteiger partial charge is 0.461 e. The number of carbonyl (C=O) groups is 1. The number of carbonyl (C=O) groups excluding carboxylic acids is 1. The number of hydrogen-bond acceptors (Lipinski definition) is 3. The monoisotopic (exact) mass is 213 g/mol. The van der Waals surface area contributed by atoms with Crippen LogP contribution in [0.25, 0.3) is 0 Å². The van der Waals surface area contributed by atoms with Gasteiger partial charge in [-0.05, 0) is 34.2 Å². The van der Waals surface area contributed by atoms with Crippen LogP contribution in [0.1, 0.15) is 34.6 Å². The zero-order valence-corrected chi connectivity index (χ0v) is 10.6. The van der Waals surface area contributed by atoms with E-state index in [2.05, 4.69) is 39.2 Å². The molecule has 0 aromatic heterocycles. The smallest absolute Gasteiger partial charge is 0.333 e. The molecule has 15 heavy (non-hydrogen) atoms. The Bertz CT molecular complexity index is 228. The van der Waals surface area contributed by atoms with Crippen LogP contribution in [0.2, 0.25) is 0 Å². The molecule has 0 N–H and O–H groups in total. The summed E-state index contributed by atoms with van der Waals surface area (Å²) in [6.07, 6.45) is 0. The molecule has 0 radical (unpaired) electrons. The van der Waals surface area contributed by atoms with Crippen molar-refractivity contribution in [3.8, 4) is 0 Å². The number of likely N-dealkylation sites (N-methyl/N-ethyl adjacent to an activating group) is 1. The van der Waals surface area contributed by atoms with Crippen LogP contribution >= 0.6 is 0 Å². The SMILES string of the molecule is C=C(C)C(=O)OCCN(CC)C(C)(C)C. The molecule has 0 aliphatic carbocycles. The quantitative estimate of drug-likeness (QED) is 0.518. The Kier molecular flexibility index (Phi) is 5.58. The van der Waals surface area contributed by atoms with Crippen molar-refractivity contribution < 1.29 is 9.53 Å². The first kappa shape index (κ1) is 14.2. The molecule has 0 saturated heterocycles. The Hall–Kier alpha value is -0.830. The van der Waals surface area contributed by atoms with Crippen molar-refractivity contribution in [3.63, 3.8) is 0 Å². The molecule has 0 amide bonds. The van der Waals surface area contributed by atoms with E-state index in [4.69, 9.17) is 4.74 Å². The Balaban J connectivity index is 3.94. The number of hydrogen-bond donors (Lipinski definition) is 0. The summed E-state index contributed by atoms with van der Waals surface area (Å²) in [7, 11) is 0. The topological polar surface area (TPSA) is 29.5 Å². The van der Waals surface area contributed by atoms with Gasteiger partial charge in [0.1, 0.15) is 6.61 Å². The van der Waals surface area contributed by atoms with Gasteiger partial charge in [0.15, 0.2) is 0 Å². The summed E-state index contributed by atoms with van der Waals surface area (Å²) in [5.41, 5.74) is 0.568. The zero-order chi connectivity index (χ0) is 12.1. The Labute approximate surface area is 93.1 Å². The van der Waals surface area contributed by atoms with E-state index in [9.17, 15) is 4.79 Å². The molecule has 88 valence electrons. The first-order valence-electron chi connectivity index (χ1n) is 5.36. The van der Waals surface area contributed by atoms with E-state index >= 15 is 0 Å². The minimum Gasteiger partial charge on any atom is -0.461 e. The maximum absolute atomic E-state index is 11.1. The van der Waals surface area contributed by atoms with Crippen LogP contribution in [0.4, 0.5) is 0 Å². The van der Waals surface area contributed by atoms with Crippen molar-refractivity contribution in [3.05, 3.63) is 12.2 Å². The molecular formula is C12H23NO2. The summed E-state index contributed by atoms with van der Waals surface area (Å²) in [5.74, 6) is -0.306. The third kappa shape index (κ3) is 5.57. The van der Waals surface area contributed by atoms with Crippen LogP contribution in [0, 0.1) is 0 Å². The van der Waals surface area contributed by atoms with E-state index in [1.165, 1.54) is 0 Å². The summed E-state index contributed by atoms with van der Waals surface area (Å²) >= 11 is 0. The van der Waals surface area contributed by atoms with E-state index < -0.39 is 0 Å². The second-order valence-corrected chi connectivity index (χ2v) is 4.67. The highest BCUT2D eigenvalue weighted by Gasteiger charge is 2.19. The lowest BCUT2D eigenvalue weighted by atomic mass is 10.1. The second-order valence-electron chi connectivity index (χ2n) is 4.67. The van der Waals surface area contributed by atoms with Crippen LogP contribution in [0.3, 0.4) is 0 Å². The van der Waals surface area contributed by atoms with E-state index in [1.807, 2.05) is 0 Å². The number of rotatable bonds is 5. The molecular weight excluding hydrogens is 190 g/mol. The molecule has 0 atom stereocenters. The van der Waals surface area contributed by atoms with Gasteiger partial charge < -0.3 is 4.74 Å². The lowest BCUT2D eigenvalue weighted by molar-refractivity contribution is -0.139. The van der Waals surface area contributed by atoms with Gasteiger partial charge in [-0.25, -0.2) is 4.79 Å². The molecule has 0 heterocycles. The molecule has 0 bridgehead atoms. The molecule has 0 spiro atoms. The Morgan fingerprint density at radius 2 is 1.93 bits per heavy atom. The summed E-state index contributed by atoms with van der Waals surface area (Å²) in [4.78, 5) is 13.4. The van der Waals surface area contributed by atoms with Crippen molar-refractivity contribution in [2.45, 2.75) is 40.2 Å². The predicted molar refractivity (Wildman–Crippen MR) is 62.8 cm³/mol. The van der Waals surface area contributed by atoms with Gasteiger partial charge in [0.2, 0.25) is 0 Å². The van der Waals surface area contributed by atoms with Crippen LogP contribution in [0.5, 0.6) is 0 Å². The molecule has 0 fully saturated rings. The molecule has 0 aromatic rings. The number of ether oxygens (including phenoxy) is 1. The van der Waals surface area contributed by atoms with Crippen molar-refractivity contribution in [1.29, 1.82) is 0 Å². The average Bonchev–Trinajstić information content (AvgIpc) is 2.09. The van der Waals surface area contributed by atoms with Crippen molar-refractivity contribution in [1.82, 2.24) is 4.90 Å². The summed E-state index contributed by atoms with van der Waals surface area (Å²) in [6.45, 7) is 15.9.